The second kappa shape index (κ2) is 11.4. The Morgan fingerprint density at radius 3 is 2.76 bits per heavy atom. The Morgan fingerprint density at radius 2 is 2.03 bits per heavy atom. The number of piperidine rings is 1. The maximum Gasteiger partial charge on any atom is 0.247 e. The molecule has 0 spiro atoms. The number of hydrogen-bond donors (Lipinski definition) is 2. The summed E-state index contributed by atoms with van der Waals surface area (Å²) in [5.41, 5.74) is 2.25. The molecule has 12 heteroatoms. The third-order valence-corrected chi connectivity index (χ3v) is 7.41. The average molecular weight is 547 g/mol. The number of aromatic nitrogens is 2. The van der Waals surface area contributed by atoms with E-state index in [1.807, 2.05) is 18.2 Å². The van der Waals surface area contributed by atoms with E-state index in [1.54, 1.807) is 0 Å². The maximum atomic E-state index is 13.9. The first-order valence-electron chi connectivity index (χ1n) is 12.6. The molecule has 3 fully saturated rings. The number of nitrogens with zero attached hydrogens (tertiary/aromatic N) is 4. The minimum Gasteiger partial charge on any atom is -0.468 e. The molecule has 1 aromatic heterocycles. The SMILES string of the molecule is C=CC(=O)Nc1cc(Nc2ncc(Cl)c(O[C@H]3CO[C@@H]4[C@H]3OC[C@@H]4F)n2)ccc1N1CCC(N(C)C)CC1. The van der Waals surface area contributed by atoms with E-state index in [1.165, 1.54) is 12.3 Å². The predicted molar refractivity (Wildman–Crippen MR) is 143 cm³/mol. The van der Waals surface area contributed by atoms with Crippen molar-refractivity contribution in [2.75, 3.05) is 55.9 Å². The number of hydrogen-bond acceptors (Lipinski definition) is 9. The number of anilines is 4. The zero-order valence-electron chi connectivity index (χ0n) is 21.4. The normalized spacial score (nSPS) is 25.3. The van der Waals surface area contributed by atoms with E-state index in [0.29, 0.717) is 17.4 Å². The molecule has 3 saturated heterocycles. The highest BCUT2D eigenvalue weighted by Crippen LogP contribution is 2.35. The Balaban J connectivity index is 1.32. The van der Waals surface area contributed by atoms with Crippen LogP contribution in [0.25, 0.3) is 0 Å². The van der Waals surface area contributed by atoms with Crippen molar-refractivity contribution in [3.63, 3.8) is 0 Å². The van der Waals surface area contributed by atoms with Gasteiger partial charge in [0.15, 0.2) is 12.3 Å². The molecule has 0 radical (unpaired) electrons. The molecule has 10 nitrogen and oxygen atoms in total. The monoisotopic (exact) mass is 546 g/mol. The van der Waals surface area contributed by atoms with Gasteiger partial charge < -0.3 is 34.6 Å². The minimum absolute atomic E-state index is 0.0200. The van der Waals surface area contributed by atoms with Crippen molar-refractivity contribution < 1.29 is 23.4 Å². The van der Waals surface area contributed by atoms with Gasteiger partial charge in [-0.1, -0.05) is 18.2 Å². The lowest BCUT2D eigenvalue weighted by Gasteiger charge is -2.37. The number of fused-ring (bicyclic) bond motifs is 1. The highest BCUT2D eigenvalue weighted by atomic mass is 35.5. The van der Waals surface area contributed by atoms with Crippen molar-refractivity contribution in [2.24, 2.45) is 0 Å². The Hall–Kier alpha value is -2.99. The van der Waals surface area contributed by atoms with E-state index < -0.39 is 24.5 Å². The maximum absolute atomic E-state index is 13.9. The fourth-order valence-corrected chi connectivity index (χ4v) is 5.22. The number of rotatable bonds is 8. The van der Waals surface area contributed by atoms with Gasteiger partial charge in [-0.15, -0.1) is 0 Å². The third kappa shape index (κ3) is 5.70. The number of benzene rings is 1. The highest BCUT2D eigenvalue weighted by Gasteiger charge is 2.49. The molecule has 38 heavy (non-hydrogen) atoms. The van der Waals surface area contributed by atoms with E-state index in [9.17, 15) is 9.18 Å². The summed E-state index contributed by atoms with van der Waals surface area (Å²) in [5.74, 6) is 0.0905. The Morgan fingerprint density at radius 1 is 1.26 bits per heavy atom. The van der Waals surface area contributed by atoms with Crippen LogP contribution in [-0.2, 0) is 14.3 Å². The van der Waals surface area contributed by atoms with Crippen molar-refractivity contribution in [1.29, 1.82) is 0 Å². The number of nitrogens with one attached hydrogen (secondary N) is 2. The summed E-state index contributed by atoms with van der Waals surface area (Å²) in [6.07, 6.45) is 1.87. The summed E-state index contributed by atoms with van der Waals surface area (Å²) in [7, 11) is 4.21. The van der Waals surface area contributed by atoms with Crippen LogP contribution in [0.3, 0.4) is 0 Å². The van der Waals surface area contributed by atoms with E-state index in [4.69, 9.17) is 25.8 Å². The molecule has 0 saturated carbocycles. The summed E-state index contributed by atoms with van der Waals surface area (Å²) in [4.78, 5) is 25.4. The molecule has 2 N–H and O–H groups in total. The van der Waals surface area contributed by atoms with Crippen molar-refractivity contribution in [2.45, 2.75) is 43.4 Å². The number of ether oxygens (including phenoxy) is 3. The van der Waals surface area contributed by atoms with E-state index >= 15 is 0 Å². The molecule has 1 amide bonds. The van der Waals surface area contributed by atoms with Gasteiger partial charge in [-0.2, -0.15) is 4.98 Å². The standard InChI is InChI=1S/C26H32ClFN6O4/c1-4-22(35)31-19-11-15(5-6-20(19)34-9-7-16(8-10-34)33(2)3)30-26-29-12-17(27)25(32-26)38-21-14-37-23-18(28)13-36-24(21)23/h4-6,11-12,16,18,21,23-24H,1,7-10,13-14H2,2-3H3,(H,31,35)(H,29,30,32)/t18-,21-,23-,24-/m0/s1. The number of carbonyl (C=O) groups is 1. The fourth-order valence-electron chi connectivity index (χ4n) is 5.08. The van der Waals surface area contributed by atoms with Crippen LogP contribution in [0.15, 0.2) is 37.1 Å². The molecular weight excluding hydrogens is 515 g/mol. The quantitative estimate of drug-likeness (QED) is 0.482. The molecule has 4 atom stereocenters. The van der Waals surface area contributed by atoms with Gasteiger partial charge in [0.2, 0.25) is 17.7 Å². The van der Waals surface area contributed by atoms with Gasteiger partial charge in [0.1, 0.15) is 17.2 Å². The van der Waals surface area contributed by atoms with Crippen LogP contribution in [0.1, 0.15) is 12.8 Å². The van der Waals surface area contributed by atoms with Gasteiger partial charge in [0, 0.05) is 24.8 Å². The summed E-state index contributed by atoms with van der Waals surface area (Å²) in [6, 6.07) is 6.23. The number of amides is 1. The van der Waals surface area contributed by atoms with E-state index in [0.717, 1.165) is 31.6 Å². The van der Waals surface area contributed by atoms with Crippen molar-refractivity contribution in [3.05, 3.63) is 42.1 Å². The molecule has 0 aliphatic carbocycles. The van der Waals surface area contributed by atoms with Gasteiger partial charge >= 0.3 is 0 Å². The number of alkyl halides is 1. The predicted octanol–water partition coefficient (Wildman–Crippen LogP) is 3.41. The van der Waals surface area contributed by atoms with Crippen molar-refractivity contribution >= 4 is 40.5 Å². The van der Waals surface area contributed by atoms with Crippen molar-refractivity contribution in [3.8, 4) is 5.88 Å². The van der Waals surface area contributed by atoms with Crippen LogP contribution in [0, 0.1) is 0 Å². The average Bonchev–Trinajstić information content (AvgIpc) is 3.49. The lowest BCUT2D eigenvalue weighted by molar-refractivity contribution is -0.111. The van der Waals surface area contributed by atoms with E-state index in [-0.39, 0.29) is 36.0 Å². The van der Waals surface area contributed by atoms with Gasteiger partial charge in [-0.3, -0.25) is 4.79 Å². The smallest absolute Gasteiger partial charge is 0.247 e. The van der Waals surface area contributed by atoms with Crippen LogP contribution in [0.2, 0.25) is 5.02 Å². The topological polar surface area (TPSA) is 101 Å². The largest absolute Gasteiger partial charge is 0.468 e. The molecular formula is C26H32ClFN6O4. The lowest BCUT2D eigenvalue weighted by Crippen LogP contribution is -2.42. The summed E-state index contributed by atoms with van der Waals surface area (Å²) in [6.45, 7) is 5.49. The minimum atomic E-state index is -1.18. The lowest BCUT2D eigenvalue weighted by atomic mass is 10.0. The molecule has 5 rings (SSSR count). The van der Waals surface area contributed by atoms with Crippen LogP contribution < -0.4 is 20.3 Å². The second-order valence-electron chi connectivity index (χ2n) is 9.85. The van der Waals surface area contributed by atoms with Crippen LogP contribution >= 0.6 is 11.6 Å². The fraction of sp³-hybridized carbons (Fsp3) is 0.500. The molecule has 2 aromatic rings. The zero-order valence-corrected chi connectivity index (χ0v) is 22.2. The highest BCUT2D eigenvalue weighted by molar-refractivity contribution is 6.31. The van der Waals surface area contributed by atoms with Gasteiger partial charge in [-0.05, 0) is 51.2 Å². The van der Waals surface area contributed by atoms with Crippen LogP contribution in [0.4, 0.5) is 27.4 Å². The third-order valence-electron chi connectivity index (χ3n) is 7.15. The molecule has 3 aliphatic heterocycles. The molecule has 0 bridgehead atoms. The van der Waals surface area contributed by atoms with Crippen LogP contribution in [0.5, 0.6) is 5.88 Å². The first-order valence-corrected chi connectivity index (χ1v) is 13.0. The Kier molecular flexibility index (Phi) is 7.98. The summed E-state index contributed by atoms with van der Waals surface area (Å²) < 4.78 is 30.8. The van der Waals surface area contributed by atoms with Gasteiger partial charge in [0.05, 0.1) is 30.8 Å². The van der Waals surface area contributed by atoms with E-state index in [2.05, 4.69) is 51.1 Å². The van der Waals surface area contributed by atoms with Gasteiger partial charge in [0.25, 0.3) is 0 Å². The van der Waals surface area contributed by atoms with Gasteiger partial charge in [-0.25, -0.2) is 9.37 Å². The Labute approximate surface area is 226 Å². The molecule has 4 heterocycles. The second-order valence-corrected chi connectivity index (χ2v) is 10.3. The van der Waals surface area contributed by atoms with Crippen LogP contribution in [-0.4, -0.2) is 91.7 Å². The molecule has 0 unspecified atom stereocenters. The van der Waals surface area contributed by atoms with Crippen molar-refractivity contribution in [1.82, 2.24) is 14.9 Å². The molecule has 3 aliphatic rings. The summed E-state index contributed by atoms with van der Waals surface area (Å²) in [5, 5.41) is 6.28. The molecule has 1 aromatic carbocycles. The number of carbonyl (C=O) groups excluding carboxylic acids is 1. The first-order chi connectivity index (χ1) is 18.3. The molecule has 204 valence electrons. The Bertz CT molecular complexity index is 1180. The zero-order chi connectivity index (χ0) is 26.8. The number of halogens is 2. The summed E-state index contributed by atoms with van der Waals surface area (Å²) >= 11 is 6.29. The first kappa shape index (κ1) is 26.6.